The predicted octanol–water partition coefficient (Wildman–Crippen LogP) is 2.80. The Kier molecular flexibility index (Phi) is 5.54. The number of aryl methyl sites for hydroxylation is 1. The lowest BCUT2D eigenvalue weighted by molar-refractivity contribution is -0.121. The molecule has 0 bridgehead atoms. The van der Waals surface area contributed by atoms with E-state index >= 15 is 0 Å². The van der Waals surface area contributed by atoms with Gasteiger partial charge in [-0.3, -0.25) is 4.79 Å². The molecule has 1 aromatic rings. The third-order valence-corrected chi connectivity index (χ3v) is 4.58. The quantitative estimate of drug-likeness (QED) is 0.863. The van der Waals surface area contributed by atoms with Gasteiger partial charge in [0.1, 0.15) is 5.82 Å². The van der Waals surface area contributed by atoms with Gasteiger partial charge >= 0.3 is 0 Å². The van der Waals surface area contributed by atoms with Gasteiger partial charge in [-0.25, -0.2) is 4.39 Å². The third kappa shape index (κ3) is 4.28. The largest absolute Gasteiger partial charge is 0.393 e. The van der Waals surface area contributed by atoms with Crippen molar-refractivity contribution in [1.29, 1.82) is 0 Å². The summed E-state index contributed by atoms with van der Waals surface area (Å²) in [6.45, 7) is 0.532. The van der Waals surface area contributed by atoms with Crippen molar-refractivity contribution >= 4 is 21.8 Å². The molecule has 2 rings (SSSR count). The van der Waals surface area contributed by atoms with Gasteiger partial charge in [-0.2, -0.15) is 0 Å². The average Bonchev–Trinajstić information content (AvgIpc) is 2.83. The van der Waals surface area contributed by atoms with Crippen LogP contribution in [0.4, 0.5) is 4.39 Å². The van der Waals surface area contributed by atoms with Crippen LogP contribution in [0.5, 0.6) is 0 Å². The Morgan fingerprint density at radius 3 is 2.95 bits per heavy atom. The van der Waals surface area contributed by atoms with Gasteiger partial charge in [0.25, 0.3) is 0 Å². The summed E-state index contributed by atoms with van der Waals surface area (Å²) >= 11 is 3.35. The number of aliphatic hydroxyl groups is 1. The number of aliphatic hydroxyl groups excluding tert-OH is 1. The molecular formula is C15H19BrFNO2. The summed E-state index contributed by atoms with van der Waals surface area (Å²) in [6.07, 6.45) is 3.36. The van der Waals surface area contributed by atoms with Gasteiger partial charge < -0.3 is 10.4 Å². The van der Waals surface area contributed by atoms with Crippen molar-refractivity contribution in [1.82, 2.24) is 5.32 Å². The van der Waals surface area contributed by atoms with Crippen LogP contribution in [0.25, 0.3) is 0 Å². The van der Waals surface area contributed by atoms with E-state index in [4.69, 9.17) is 0 Å². The molecule has 0 heterocycles. The molecule has 110 valence electrons. The molecule has 1 aromatic carbocycles. The Morgan fingerprint density at radius 2 is 2.25 bits per heavy atom. The predicted molar refractivity (Wildman–Crippen MR) is 78.8 cm³/mol. The van der Waals surface area contributed by atoms with Crippen LogP contribution in [0, 0.1) is 11.7 Å². The molecule has 3 nitrogen and oxygen atoms in total. The van der Waals surface area contributed by atoms with Gasteiger partial charge in [-0.1, -0.05) is 22.4 Å². The zero-order chi connectivity index (χ0) is 14.5. The van der Waals surface area contributed by atoms with E-state index in [9.17, 15) is 14.3 Å². The van der Waals surface area contributed by atoms with Crippen molar-refractivity contribution in [3.63, 3.8) is 0 Å². The van der Waals surface area contributed by atoms with E-state index in [2.05, 4.69) is 21.2 Å². The highest BCUT2D eigenvalue weighted by Gasteiger charge is 2.25. The number of hydrogen-bond acceptors (Lipinski definition) is 2. The van der Waals surface area contributed by atoms with Crippen LogP contribution in [0.2, 0.25) is 0 Å². The highest BCUT2D eigenvalue weighted by molar-refractivity contribution is 9.10. The van der Waals surface area contributed by atoms with Gasteiger partial charge in [0.15, 0.2) is 0 Å². The Hall–Kier alpha value is -0.940. The number of carbonyl (C=O) groups excluding carboxylic acids is 1. The Labute approximate surface area is 126 Å². The maximum Gasteiger partial charge on any atom is 0.220 e. The maximum atomic E-state index is 13.1. The van der Waals surface area contributed by atoms with Gasteiger partial charge in [0.2, 0.25) is 5.91 Å². The molecule has 1 aliphatic rings. The molecule has 5 heteroatoms. The lowest BCUT2D eigenvalue weighted by atomic mass is 10.1. The first-order chi connectivity index (χ1) is 9.56. The molecule has 1 aliphatic carbocycles. The van der Waals surface area contributed by atoms with Gasteiger partial charge in [0.05, 0.1) is 6.10 Å². The molecule has 1 saturated carbocycles. The fraction of sp³-hybridized carbons (Fsp3) is 0.533. The second-order valence-electron chi connectivity index (χ2n) is 5.30. The Bertz CT molecular complexity index is 481. The van der Waals surface area contributed by atoms with E-state index in [-0.39, 0.29) is 23.7 Å². The number of amides is 1. The van der Waals surface area contributed by atoms with Gasteiger partial charge in [0, 0.05) is 23.4 Å². The SMILES string of the molecule is O=C(CCc1cc(F)ccc1Br)NC[C@H]1CCC[C@@H]1O. The van der Waals surface area contributed by atoms with Crippen LogP contribution in [0.15, 0.2) is 22.7 Å². The lowest BCUT2D eigenvalue weighted by Crippen LogP contribution is -2.32. The summed E-state index contributed by atoms with van der Waals surface area (Å²) in [5.74, 6) is -0.169. The van der Waals surface area contributed by atoms with E-state index in [0.29, 0.717) is 19.4 Å². The van der Waals surface area contributed by atoms with Crippen molar-refractivity contribution in [2.75, 3.05) is 6.54 Å². The molecule has 0 unspecified atom stereocenters. The number of benzene rings is 1. The van der Waals surface area contributed by atoms with E-state index in [1.165, 1.54) is 12.1 Å². The van der Waals surface area contributed by atoms with E-state index in [1.54, 1.807) is 6.07 Å². The molecule has 0 aliphatic heterocycles. The molecular weight excluding hydrogens is 325 g/mol. The Morgan fingerprint density at radius 1 is 1.45 bits per heavy atom. The van der Waals surface area contributed by atoms with Crippen molar-refractivity contribution in [3.05, 3.63) is 34.1 Å². The van der Waals surface area contributed by atoms with E-state index in [1.807, 2.05) is 0 Å². The molecule has 2 N–H and O–H groups in total. The topological polar surface area (TPSA) is 49.3 Å². The highest BCUT2D eigenvalue weighted by Crippen LogP contribution is 2.24. The summed E-state index contributed by atoms with van der Waals surface area (Å²) < 4.78 is 13.9. The Balaban J connectivity index is 1.76. The zero-order valence-electron chi connectivity index (χ0n) is 11.2. The number of halogens is 2. The van der Waals surface area contributed by atoms with Crippen LogP contribution < -0.4 is 5.32 Å². The first-order valence-corrected chi connectivity index (χ1v) is 7.74. The van der Waals surface area contributed by atoms with Crippen molar-refractivity contribution in [2.24, 2.45) is 5.92 Å². The first kappa shape index (κ1) is 15.4. The second-order valence-corrected chi connectivity index (χ2v) is 6.15. The van der Waals surface area contributed by atoms with E-state index in [0.717, 1.165) is 29.3 Å². The number of carbonyl (C=O) groups is 1. The number of nitrogens with one attached hydrogen (secondary N) is 1. The van der Waals surface area contributed by atoms with Crippen LogP contribution in [0.3, 0.4) is 0 Å². The summed E-state index contributed by atoms with van der Waals surface area (Å²) in [5.41, 5.74) is 0.793. The van der Waals surface area contributed by atoms with Crippen LogP contribution in [-0.4, -0.2) is 23.7 Å². The minimum absolute atomic E-state index is 0.0553. The van der Waals surface area contributed by atoms with Crippen LogP contribution in [0.1, 0.15) is 31.2 Å². The minimum Gasteiger partial charge on any atom is -0.393 e. The molecule has 0 saturated heterocycles. The van der Waals surface area contributed by atoms with E-state index < -0.39 is 0 Å². The maximum absolute atomic E-state index is 13.1. The summed E-state index contributed by atoms with van der Waals surface area (Å²) in [5, 5.41) is 12.5. The zero-order valence-corrected chi connectivity index (χ0v) is 12.8. The molecule has 0 radical (unpaired) electrons. The van der Waals surface area contributed by atoms with Gasteiger partial charge in [-0.05, 0) is 43.0 Å². The first-order valence-electron chi connectivity index (χ1n) is 6.95. The smallest absolute Gasteiger partial charge is 0.220 e. The normalized spacial score (nSPS) is 21.9. The second kappa shape index (κ2) is 7.18. The minimum atomic E-state index is -0.294. The van der Waals surface area contributed by atoms with Crippen molar-refractivity contribution in [3.8, 4) is 0 Å². The molecule has 1 fully saturated rings. The molecule has 0 aromatic heterocycles. The third-order valence-electron chi connectivity index (χ3n) is 3.81. The van der Waals surface area contributed by atoms with Crippen molar-refractivity contribution < 1.29 is 14.3 Å². The monoisotopic (exact) mass is 343 g/mol. The summed E-state index contributed by atoms with van der Waals surface area (Å²) in [7, 11) is 0. The molecule has 20 heavy (non-hydrogen) atoms. The van der Waals surface area contributed by atoms with Crippen molar-refractivity contribution in [2.45, 2.75) is 38.2 Å². The summed E-state index contributed by atoms with van der Waals surface area (Å²) in [6, 6.07) is 4.48. The standard InChI is InChI=1S/C15H19BrFNO2/c16-13-6-5-12(17)8-10(13)4-7-15(20)18-9-11-2-1-3-14(11)19/h5-6,8,11,14,19H,1-4,7,9H2,(H,18,20)/t11-,14+/m1/s1. The molecule has 0 spiro atoms. The average molecular weight is 344 g/mol. The fourth-order valence-corrected chi connectivity index (χ4v) is 3.02. The fourth-order valence-electron chi connectivity index (χ4n) is 2.57. The van der Waals surface area contributed by atoms with Crippen LogP contribution >= 0.6 is 15.9 Å². The van der Waals surface area contributed by atoms with Crippen LogP contribution in [-0.2, 0) is 11.2 Å². The highest BCUT2D eigenvalue weighted by atomic mass is 79.9. The number of hydrogen-bond donors (Lipinski definition) is 2. The molecule has 1 amide bonds. The lowest BCUT2D eigenvalue weighted by Gasteiger charge is -2.15. The molecule has 2 atom stereocenters. The summed E-state index contributed by atoms with van der Waals surface area (Å²) in [4.78, 5) is 11.8. The van der Waals surface area contributed by atoms with Gasteiger partial charge in [-0.15, -0.1) is 0 Å². The number of rotatable bonds is 5.